The molecule has 2 aromatic heterocycles. The molecule has 5 heteroatoms. The molecular weight excluding hydrogens is 342 g/mol. The van der Waals surface area contributed by atoms with Crippen molar-refractivity contribution in [1.82, 2.24) is 14.9 Å². The van der Waals surface area contributed by atoms with E-state index in [4.69, 9.17) is 0 Å². The molecule has 1 aromatic carbocycles. The van der Waals surface area contributed by atoms with Crippen LogP contribution in [-0.2, 0) is 6.54 Å². The predicted molar refractivity (Wildman–Crippen MR) is 108 cm³/mol. The van der Waals surface area contributed by atoms with Crippen LogP contribution in [0.1, 0.15) is 36.4 Å². The smallest absolute Gasteiger partial charge is 0.252 e. The molecule has 1 fully saturated rings. The van der Waals surface area contributed by atoms with Crippen LogP contribution in [0.3, 0.4) is 0 Å². The standard InChI is InChI=1S/C21H23N3OS/c1-26-18-8-7-15-11-17(21(25)23-19(15)12-18)14-24-10-3-2-6-20(24)16-5-4-9-22-13-16/h4-5,7-9,11-13,20H,2-3,6,10,14H2,1H3,(H,23,25). The van der Waals surface area contributed by atoms with Crippen molar-refractivity contribution in [2.45, 2.75) is 36.7 Å². The van der Waals surface area contributed by atoms with Gasteiger partial charge in [-0.05, 0) is 60.9 Å². The number of hydrogen-bond acceptors (Lipinski definition) is 4. The highest BCUT2D eigenvalue weighted by atomic mass is 32.2. The lowest BCUT2D eigenvalue weighted by molar-refractivity contribution is 0.139. The van der Waals surface area contributed by atoms with Gasteiger partial charge in [0, 0.05) is 41.0 Å². The minimum absolute atomic E-state index is 0.0197. The Hall–Kier alpha value is -2.11. The molecule has 26 heavy (non-hydrogen) atoms. The second-order valence-electron chi connectivity index (χ2n) is 6.85. The summed E-state index contributed by atoms with van der Waals surface area (Å²) in [5, 5.41) is 1.09. The summed E-state index contributed by atoms with van der Waals surface area (Å²) in [7, 11) is 0. The van der Waals surface area contributed by atoms with Crippen molar-refractivity contribution in [3.8, 4) is 0 Å². The molecule has 1 N–H and O–H groups in total. The third-order valence-electron chi connectivity index (χ3n) is 5.19. The number of rotatable bonds is 4. The number of fused-ring (bicyclic) bond motifs is 1. The van der Waals surface area contributed by atoms with Crippen molar-refractivity contribution >= 4 is 22.7 Å². The van der Waals surface area contributed by atoms with E-state index in [0.29, 0.717) is 12.6 Å². The van der Waals surface area contributed by atoms with Crippen LogP contribution >= 0.6 is 11.8 Å². The van der Waals surface area contributed by atoms with E-state index in [1.165, 1.54) is 18.4 Å². The first kappa shape index (κ1) is 17.3. The Balaban J connectivity index is 1.64. The van der Waals surface area contributed by atoms with E-state index in [1.54, 1.807) is 11.8 Å². The number of hydrogen-bond donors (Lipinski definition) is 1. The van der Waals surface area contributed by atoms with Crippen LogP contribution in [0.5, 0.6) is 0 Å². The van der Waals surface area contributed by atoms with Crippen LogP contribution in [0.15, 0.2) is 58.5 Å². The van der Waals surface area contributed by atoms with Gasteiger partial charge in [0.25, 0.3) is 5.56 Å². The van der Waals surface area contributed by atoms with Gasteiger partial charge in [-0.2, -0.15) is 0 Å². The van der Waals surface area contributed by atoms with Crippen LogP contribution in [0, 0.1) is 0 Å². The largest absolute Gasteiger partial charge is 0.322 e. The maximum Gasteiger partial charge on any atom is 0.252 e. The number of thioether (sulfide) groups is 1. The van der Waals surface area contributed by atoms with Crippen LogP contribution < -0.4 is 5.56 Å². The first-order valence-corrected chi connectivity index (χ1v) is 10.3. The zero-order chi connectivity index (χ0) is 17.9. The highest BCUT2D eigenvalue weighted by molar-refractivity contribution is 7.98. The molecule has 4 nitrogen and oxygen atoms in total. The summed E-state index contributed by atoms with van der Waals surface area (Å²) in [6.07, 6.45) is 9.34. The van der Waals surface area contributed by atoms with E-state index in [-0.39, 0.29) is 5.56 Å². The van der Waals surface area contributed by atoms with Gasteiger partial charge in [-0.3, -0.25) is 14.7 Å². The normalized spacial score (nSPS) is 18.3. The summed E-state index contributed by atoms with van der Waals surface area (Å²) in [5.41, 5.74) is 3.01. The van der Waals surface area contributed by atoms with E-state index in [9.17, 15) is 4.79 Å². The van der Waals surface area contributed by atoms with Gasteiger partial charge in [0.05, 0.1) is 0 Å². The van der Waals surface area contributed by atoms with Crippen molar-refractivity contribution in [2.24, 2.45) is 0 Å². The average molecular weight is 366 g/mol. The molecule has 1 atom stereocenters. The van der Waals surface area contributed by atoms with Gasteiger partial charge in [0.2, 0.25) is 0 Å². The number of pyridine rings is 2. The number of H-pyrrole nitrogens is 1. The lowest BCUT2D eigenvalue weighted by Crippen LogP contribution is -2.34. The molecule has 0 amide bonds. The van der Waals surface area contributed by atoms with Crippen LogP contribution in [0.4, 0.5) is 0 Å². The Morgan fingerprint density at radius 3 is 3.00 bits per heavy atom. The molecule has 1 aliphatic rings. The zero-order valence-corrected chi connectivity index (χ0v) is 15.8. The van der Waals surface area contributed by atoms with Gasteiger partial charge >= 0.3 is 0 Å². The molecular formula is C21H23N3OS. The molecule has 1 unspecified atom stereocenters. The summed E-state index contributed by atoms with van der Waals surface area (Å²) >= 11 is 1.68. The number of piperidine rings is 1. The van der Waals surface area contributed by atoms with E-state index in [2.05, 4.69) is 33.1 Å². The minimum Gasteiger partial charge on any atom is -0.322 e. The third-order valence-corrected chi connectivity index (χ3v) is 5.91. The van der Waals surface area contributed by atoms with Crippen LogP contribution in [0.2, 0.25) is 0 Å². The molecule has 3 aromatic rings. The molecule has 1 aliphatic heterocycles. The maximum atomic E-state index is 12.6. The number of nitrogens with one attached hydrogen (secondary N) is 1. The SMILES string of the molecule is CSc1ccc2cc(CN3CCCCC3c3cccnc3)c(=O)[nH]c2c1. The van der Waals surface area contributed by atoms with E-state index in [1.807, 2.05) is 36.8 Å². The maximum absolute atomic E-state index is 12.6. The van der Waals surface area contributed by atoms with Crippen molar-refractivity contribution in [2.75, 3.05) is 12.8 Å². The van der Waals surface area contributed by atoms with Crippen LogP contribution in [-0.4, -0.2) is 27.7 Å². The first-order valence-electron chi connectivity index (χ1n) is 9.08. The molecule has 0 radical (unpaired) electrons. The average Bonchev–Trinajstić information content (AvgIpc) is 2.69. The summed E-state index contributed by atoms with van der Waals surface area (Å²) in [4.78, 5) is 23.6. The number of benzene rings is 1. The number of likely N-dealkylation sites (tertiary alicyclic amines) is 1. The first-order chi connectivity index (χ1) is 12.7. The van der Waals surface area contributed by atoms with Crippen molar-refractivity contribution in [3.63, 3.8) is 0 Å². The third kappa shape index (κ3) is 3.55. The highest BCUT2D eigenvalue weighted by Crippen LogP contribution is 2.31. The Labute approximate surface area is 157 Å². The fraction of sp³-hybridized carbons (Fsp3) is 0.333. The molecule has 3 heterocycles. The lowest BCUT2D eigenvalue weighted by atomic mass is 9.96. The van der Waals surface area contributed by atoms with Gasteiger partial charge in [-0.15, -0.1) is 11.8 Å². The number of nitrogens with zero attached hydrogens (tertiary/aromatic N) is 2. The monoisotopic (exact) mass is 365 g/mol. The topological polar surface area (TPSA) is 49.0 Å². The fourth-order valence-electron chi connectivity index (χ4n) is 3.82. The van der Waals surface area contributed by atoms with Gasteiger partial charge in [0.15, 0.2) is 0 Å². The van der Waals surface area contributed by atoms with E-state index in [0.717, 1.165) is 34.3 Å². The van der Waals surface area contributed by atoms with Crippen molar-refractivity contribution in [1.29, 1.82) is 0 Å². The zero-order valence-electron chi connectivity index (χ0n) is 14.9. The van der Waals surface area contributed by atoms with Crippen molar-refractivity contribution < 1.29 is 0 Å². The predicted octanol–water partition coefficient (Wildman–Crippen LogP) is 4.37. The molecule has 0 saturated carbocycles. The summed E-state index contributed by atoms with van der Waals surface area (Å²) in [5.74, 6) is 0. The molecule has 0 spiro atoms. The number of aromatic amines is 1. The molecule has 4 rings (SSSR count). The van der Waals surface area contributed by atoms with Gasteiger partial charge in [0.1, 0.15) is 0 Å². The quantitative estimate of drug-likeness (QED) is 0.698. The lowest BCUT2D eigenvalue weighted by Gasteiger charge is -2.35. The summed E-state index contributed by atoms with van der Waals surface area (Å²) in [6, 6.07) is 12.8. The molecule has 0 aliphatic carbocycles. The summed E-state index contributed by atoms with van der Waals surface area (Å²) < 4.78 is 0. The minimum atomic E-state index is 0.0197. The second kappa shape index (κ2) is 7.64. The van der Waals surface area contributed by atoms with Crippen molar-refractivity contribution in [3.05, 3.63) is 70.3 Å². The van der Waals surface area contributed by atoms with E-state index >= 15 is 0 Å². The Kier molecular flexibility index (Phi) is 5.09. The van der Waals surface area contributed by atoms with Crippen LogP contribution in [0.25, 0.3) is 10.9 Å². The van der Waals surface area contributed by atoms with Gasteiger partial charge in [-0.1, -0.05) is 18.6 Å². The Morgan fingerprint density at radius 2 is 2.19 bits per heavy atom. The molecule has 1 saturated heterocycles. The molecule has 0 bridgehead atoms. The fourth-order valence-corrected chi connectivity index (χ4v) is 4.26. The number of aromatic nitrogens is 2. The second-order valence-corrected chi connectivity index (χ2v) is 7.72. The Morgan fingerprint density at radius 1 is 1.27 bits per heavy atom. The summed E-state index contributed by atoms with van der Waals surface area (Å²) in [6.45, 7) is 1.69. The van der Waals surface area contributed by atoms with Gasteiger partial charge in [-0.25, -0.2) is 0 Å². The van der Waals surface area contributed by atoms with E-state index < -0.39 is 0 Å². The Bertz CT molecular complexity index is 954. The molecule has 134 valence electrons. The highest BCUT2D eigenvalue weighted by Gasteiger charge is 2.24. The van der Waals surface area contributed by atoms with Gasteiger partial charge < -0.3 is 4.98 Å².